The van der Waals surface area contributed by atoms with Gasteiger partial charge in [0.2, 0.25) is 0 Å². The van der Waals surface area contributed by atoms with Crippen molar-refractivity contribution in [2.75, 3.05) is 11.1 Å². The van der Waals surface area contributed by atoms with E-state index in [0.717, 1.165) is 18.3 Å². The minimum absolute atomic E-state index is 0.0506. The number of amides is 1. The van der Waals surface area contributed by atoms with Gasteiger partial charge in [-0.25, -0.2) is 9.37 Å². The van der Waals surface area contributed by atoms with Gasteiger partial charge in [-0.15, -0.1) is 0 Å². The number of hydrogen-bond acceptors (Lipinski definition) is 5. The van der Waals surface area contributed by atoms with Crippen molar-refractivity contribution in [3.8, 4) is 0 Å². The Kier molecular flexibility index (Phi) is 3.56. The van der Waals surface area contributed by atoms with E-state index in [-0.39, 0.29) is 22.8 Å². The maximum absolute atomic E-state index is 12.7. The number of benzene rings is 1. The van der Waals surface area contributed by atoms with E-state index in [9.17, 15) is 19.3 Å². The third-order valence-corrected chi connectivity index (χ3v) is 2.46. The fourth-order valence-electron chi connectivity index (χ4n) is 1.49. The molecule has 2 rings (SSSR count). The number of rotatable bonds is 3. The van der Waals surface area contributed by atoms with Crippen LogP contribution >= 0.6 is 0 Å². The Balaban J connectivity index is 2.26. The second-order valence-corrected chi connectivity index (χ2v) is 3.84. The van der Waals surface area contributed by atoms with Crippen LogP contribution in [0.2, 0.25) is 0 Å². The van der Waals surface area contributed by atoms with Crippen LogP contribution in [-0.4, -0.2) is 15.8 Å². The summed E-state index contributed by atoms with van der Waals surface area (Å²) >= 11 is 0. The first-order valence-electron chi connectivity index (χ1n) is 5.44. The monoisotopic (exact) mass is 276 g/mol. The third-order valence-electron chi connectivity index (χ3n) is 2.46. The molecular weight excluding hydrogens is 267 g/mol. The van der Waals surface area contributed by atoms with Crippen LogP contribution in [0.4, 0.5) is 21.6 Å². The molecule has 0 aliphatic rings. The molecule has 1 aromatic carbocycles. The number of aromatic nitrogens is 1. The minimum atomic E-state index is -0.662. The number of carbonyl (C=O) groups excluding carboxylic acids is 1. The van der Waals surface area contributed by atoms with Crippen LogP contribution < -0.4 is 11.1 Å². The Hall–Kier alpha value is -3.03. The van der Waals surface area contributed by atoms with Crippen LogP contribution in [0.5, 0.6) is 0 Å². The van der Waals surface area contributed by atoms with E-state index in [4.69, 9.17) is 5.73 Å². The zero-order valence-electron chi connectivity index (χ0n) is 10.0. The number of nitrogens with one attached hydrogen (secondary N) is 1. The third kappa shape index (κ3) is 2.86. The Bertz CT molecular complexity index is 673. The quantitative estimate of drug-likeness (QED) is 0.505. The van der Waals surface area contributed by atoms with Gasteiger partial charge in [-0.1, -0.05) is 0 Å². The van der Waals surface area contributed by atoms with Crippen molar-refractivity contribution in [2.24, 2.45) is 0 Å². The van der Waals surface area contributed by atoms with Crippen LogP contribution in [0.15, 0.2) is 36.5 Å². The van der Waals surface area contributed by atoms with Gasteiger partial charge in [-0.05, 0) is 18.2 Å². The average Bonchev–Trinajstić information content (AvgIpc) is 2.41. The lowest BCUT2D eigenvalue weighted by Crippen LogP contribution is -2.15. The van der Waals surface area contributed by atoms with Gasteiger partial charge in [0.05, 0.1) is 16.7 Å². The Morgan fingerprint density at radius 3 is 2.70 bits per heavy atom. The first-order chi connectivity index (χ1) is 9.47. The highest BCUT2D eigenvalue weighted by Gasteiger charge is 2.15. The number of pyridine rings is 1. The van der Waals surface area contributed by atoms with E-state index in [1.807, 2.05) is 0 Å². The van der Waals surface area contributed by atoms with Crippen LogP contribution in [0.1, 0.15) is 10.4 Å². The van der Waals surface area contributed by atoms with E-state index >= 15 is 0 Å². The SMILES string of the molecule is Nc1ccc([N+](=O)[O-])cc1C(=O)Nc1ccc(F)cn1. The number of hydrogen-bond donors (Lipinski definition) is 2. The van der Waals surface area contributed by atoms with Gasteiger partial charge in [-0.2, -0.15) is 0 Å². The van der Waals surface area contributed by atoms with Crippen LogP contribution in [0.3, 0.4) is 0 Å². The molecule has 0 bridgehead atoms. The van der Waals surface area contributed by atoms with Crippen molar-refractivity contribution in [2.45, 2.75) is 0 Å². The van der Waals surface area contributed by atoms with E-state index in [2.05, 4.69) is 10.3 Å². The largest absolute Gasteiger partial charge is 0.398 e. The zero-order valence-corrected chi connectivity index (χ0v) is 10.0. The van der Waals surface area contributed by atoms with Gasteiger partial charge >= 0.3 is 0 Å². The summed E-state index contributed by atoms with van der Waals surface area (Å²) in [4.78, 5) is 25.6. The van der Waals surface area contributed by atoms with Gasteiger partial charge in [0.25, 0.3) is 11.6 Å². The first kappa shape index (κ1) is 13.4. The summed E-state index contributed by atoms with van der Waals surface area (Å²) in [5.41, 5.74) is 5.39. The van der Waals surface area contributed by atoms with Crippen molar-refractivity contribution >= 4 is 23.1 Å². The molecular formula is C12H9FN4O3. The summed E-state index contributed by atoms with van der Waals surface area (Å²) in [5.74, 6) is -1.09. The molecule has 0 unspecified atom stereocenters. The molecule has 3 N–H and O–H groups in total. The lowest BCUT2D eigenvalue weighted by atomic mass is 10.1. The van der Waals surface area contributed by atoms with E-state index < -0.39 is 16.6 Å². The fourth-order valence-corrected chi connectivity index (χ4v) is 1.49. The van der Waals surface area contributed by atoms with E-state index in [0.29, 0.717) is 0 Å². The number of nitrogens with zero attached hydrogens (tertiary/aromatic N) is 2. The Morgan fingerprint density at radius 1 is 1.35 bits per heavy atom. The molecule has 0 saturated heterocycles. The highest BCUT2D eigenvalue weighted by atomic mass is 19.1. The highest BCUT2D eigenvalue weighted by molar-refractivity contribution is 6.07. The van der Waals surface area contributed by atoms with Crippen molar-refractivity contribution in [3.05, 3.63) is 58.0 Å². The summed E-state index contributed by atoms with van der Waals surface area (Å²) in [5, 5.41) is 13.0. The summed E-state index contributed by atoms with van der Waals surface area (Å²) in [6.07, 6.45) is 0.937. The van der Waals surface area contributed by atoms with Gasteiger partial charge in [0, 0.05) is 17.8 Å². The second-order valence-electron chi connectivity index (χ2n) is 3.84. The van der Waals surface area contributed by atoms with Crippen molar-refractivity contribution in [1.82, 2.24) is 4.98 Å². The summed E-state index contributed by atoms with van der Waals surface area (Å²) in [6.45, 7) is 0. The van der Waals surface area contributed by atoms with E-state index in [1.54, 1.807) is 0 Å². The molecule has 102 valence electrons. The predicted octanol–water partition coefficient (Wildman–Crippen LogP) is 1.96. The van der Waals surface area contributed by atoms with Gasteiger partial charge in [0.1, 0.15) is 11.6 Å². The molecule has 0 atom stereocenters. The lowest BCUT2D eigenvalue weighted by Gasteiger charge is -2.06. The molecule has 1 heterocycles. The van der Waals surface area contributed by atoms with E-state index in [1.165, 1.54) is 18.2 Å². The number of halogens is 1. The van der Waals surface area contributed by atoms with Crippen LogP contribution in [0, 0.1) is 15.9 Å². The lowest BCUT2D eigenvalue weighted by molar-refractivity contribution is -0.384. The topological polar surface area (TPSA) is 111 Å². The second kappa shape index (κ2) is 5.31. The molecule has 8 heteroatoms. The molecule has 20 heavy (non-hydrogen) atoms. The molecule has 1 amide bonds. The number of non-ortho nitro benzene ring substituents is 1. The fraction of sp³-hybridized carbons (Fsp3) is 0. The molecule has 0 saturated carbocycles. The smallest absolute Gasteiger partial charge is 0.270 e. The van der Waals surface area contributed by atoms with Crippen molar-refractivity contribution < 1.29 is 14.1 Å². The van der Waals surface area contributed by atoms with Gasteiger partial charge in [0.15, 0.2) is 0 Å². The molecule has 0 aliphatic heterocycles. The van der Waals surface area contributed by atoms with Crippen LogP contribution in [0.25, 0.3) is 0 Å². The summed E-state index contributed by atoms with van der Waals surface area (Å²) < 4.78 is 12.7. The molecule has 0 fully saturated rings. The molecule has 2 aromatic rings. The summed E-state index contributed by atoms with van der Waals surface area (Å²) in [6, 6.07) is 5.92. The van der Waals surface area contributed by atoms with Gasteiger partial charge in [-0.3, -0.25) is 14.9 Å². The number of nitro groups is 1. The average molecular weight is 276 g/mol. The number of nitrogen functional groups attached to an aromatic ring is 1. The number of anilines is 2. The van der Waals surface area contributed by atoms with Crippen molar-refractivity contribution in [1.29, 1.82) is 0 Å². The minimum Gasteiger partial charge on any atom is -0.398 e. The van der Waals surface area contributed by atoms with Gasteiger partial charge < -0.3 is 11.1 Å². The highest BCUT2D eigenvalue weighted by Crippen LogP contribution is 2.20. The van der Waals surface area contributed by atoms with Crippen molar-refractivity contribution in [3.63, 3.8) is 0 Å². The molecule has 0 aliphatic carbocycles. The first-order valence-corrected chi connectivity index (χ1v) is 5.44. The normalized spacial score (nSPS) is 10.1. The zero-order chi connectivity index (χ0) is 14.7. The van der Waals surface area contributed by atoms with Crippen LogP contribution in [-0.2, 0) is 0 Å². The molecule has 7 nitrogen and oxygen atoms in total. The Labute approximate surface area is 112 Å². The number of carbonyl (C=O) groups is 1. The summed E-state index contributed by atoms with van der Waals surface area (Å²) in [7, 11) is 0. The molecule has 0 spiro atoms. The predicted molar refractivity (Wildman–Crippen MR) is 69.7 cm³/mol. The maximum Gasteiger partial charge on any atom is 0.270 e. The Morgan fingerprint density at radius 2 is 2.10 bits per heavy atom. The molecule has 0 radical (unpaired) electrons. The number of nitro benzene ring substituents is 1. The standard InChI is InChI=1S/C12H9FN4O3/c13-7-1-4-11(15-6-7)16-12(18)9-5-8(17(19)20)2-3-10(9)14/h1-6H,14H2,(H,15,16,18). The number of nitrogens with two attached hydrogens (primary N) is 1. The molecule has 1 aromatic heterocycles. The maximum atomic E-state index is 12.7.